The highest BCUT2D eigenvalue weighted by Crippen LogP contribution is 2.38. The van der Waals surface area contributed by atoms with Crippen LogP contribution in [0.3, 0.4) is 0 Å². The number of nitrogens with two attached hydrogens (primary N) is 1. The molecule has 106 valence electrons. The minimum atomic E-state index is -0.992. The lowest BCUT2D eigenvalue weighted by Gasteiger charge is -2.23. The molecule has 5 heteroatoms. The van der Waals surface area contributed by atoms with Gasteiger partial charge in [0.05, 0.1) is 13.5 Å². The number of carboxylic acids is 1. The molecule has 5 nitrogen and oxygen atoms in total. The van der Waals surface area contributed by atoms with Gasteiger partial charge in [-0.05, 0) is 17.5 Å². The first-order chi connectivity index (χ1) is 8.66. The predicted octanol–water partition coefficient (Wildman–Crippen LogP) is 2.17. The Balaban J connectivity index is 3.28. The first-order valence-electron chi connectivity index (χ1n) is 6.05. The summed E-state index contributed by atoms with van der Waals surface area (Å²) in [7, 11) is 1.50. The van der Waals surface area contributed by atoms with E-state index in [1.807, 2.05) is 20.8 Å². The monoisotopic (exact) mass is 267 g/mol. The minimum absolute atomic E-state index is 0.101. The Morgan fingerprint density at radius 2 is 2.00 bits per heavy atom. The maximum Gasteiger partial charge on any atom is 0.305 e. The lowest BCUT2D eigenvalue weighted by molar-refractivity contribution is -0.137. The van der Waals surface area contributed by atoms with E-state index < -0.39 is 12.0 Å². The van der Waals surface area contributed by atoms with Gasteiger partial charge in [-0.25, -0.2) is 0 Å². The number of ether oxygens (including phenoxy) is 1. The summed E-state index contributed by atoms with van der Waals surface area (Å²) < 4.78 is 5.25. The molecule has 19 heavy (non-hydrogen) atoms. The third kappa shape index (κ3) is 3.61. The summed E-state index contributed by atoms with van der Waals surface area (Å²) in [6.07, 6.45) is -0.218. The largest absolute Gasteiger partial charge is 0.508 e. The highest BCUT2D eigenvalue weighted by molar-refractivity contribution is 5.68. The molecular formula is C14H21NO4. The molecule has 1 aromatic carbocycles. The Bertz CT molecular complexity index is 477. The van der Waals surface area contributed by atoms with Gasteiger partial charge in [0.25, 0.3) is 0 Å². The van der Waals surface area contributed by atoms with Crippen LogP contribution in [0, 0.1) is 0 Å². The SMILES string of the molecule is COc1cc(C(C)(C)C)c(O)cc1C(N)CC(=O)O. The average Bonchev–Trinajstić information content (AvgIpc) is 2.26. The van der Waals surface area contributed by atoms with Crippen LogP contribution in [0.2, 0.25) is 0 Å². The molecule has 0 radical (unpaired) electrons. The summed E-state index contributed by atoms with van der Waals surface area (Å²) >= 11 is 0. The molecule has 1 rings (SSSR count). The fourth-order valence-corrected chi connectivity index (χ4v) is 1.95. The van der Waals surface area contributed by atoms with Gasteiger partial charge in [-0.3, -0.25) is 4.79 Å². The second kappa shape index (κ2) is 5.48. The van der Waals surface area contributed by atoms with Crippen LogP contribution in [-0.2, 0) is 10.2 Å². The highest BCUT2D eigenvalue weighted by atomic mass is 16.5. The number of carbonyl (C=O) groups is 1. The fourth-order valence-electron chi connectivity index (χ4n) is 1.95. The summed E-state index contributed by atoms with van der Waals surface area (Å²) in [5.74, 6) is -0.394. The molecule has 1 unspecified atom stereocenters. The number of rotatable bonds is 4. The highest BCUT2D eigenvalue weighted by Gasteiger charge is 2.23. The van der Waals surface area contributed by atoms with Crippen LogP contribution in [0.1, 0.15) is 44.4 Å². The van der Waals surface area contributed by atoms with E-state index in [0.717, 1.165) is 5.56 Å². The van der Waals surface area contributed by atoms with Crippen molar-refractivity contribution in [3.05, 3.63) is 23.3 Å². The van der Waals surface area contributed by atoms with Crippen molar-refractivity contribution in [3.63, 3.8) is 0 Å². The Morgan fingerprint density at radius 3 is 2.42 bits per heavy atom. The number of hydrogen-bond acceptors (Lipinski definition) is 4. The van der Waals surface area contributed by atoms with Crippen molar-refractivity contribution >= 4 is 5.97 Å². The molecule has 1 aromatic rings. The third-order valence-electron chi connectivity index (χ3n) is 2.95. The standard InChI is InChI=1S/C14H21NO4/c1-14(2,3)9-6-12(19-4)8(5-11(9)16)10(15)7-13(17)18/h5-6,10,16H,7,15H2,1-4H3,(H,17,18). The van der Waals surface area contributed by atoms with Gasteiger partial charge in [0.1, 0.15) is 11.5 Å². The van der Waals surface area contributed by atoms with Crippen molar-refractivity contribution in [2.45, 2.75) is 38.6 Å². The van der Waals surface area contributed by atoms with Crippen molar-refractivity contribution in [2.75, 3.05) is 7.11 Å². The van der Waals surface area contributed by atoms with E-state index in [2.05, 4.69) is 0 Å². The van der Waals surface area contributed by atoms with Crippen LogP contribution < -0.4 is 10.5 Å². The van der Waals surface area contributed by atoms with Crippen LogP contribution in [0.15, 0.2) is 12.1 Å². The van der Waals surface area contributed by atoms with Crippen molar-refractivity contribution < 1.29 is 19.7 Å². The molecule has 0 fully saturated rings. The summed E-state index contributed by atoms with van der Waals surface area (Å²) in [6, 6.07) is 2.49. The summed E-state index contributed by atoms with van der Waals surface area (Å²) in [5, 5.41) is 18.9. The number of hydrogen-bond donors (Lipinski definition) is 3. The van der Waals surface area contributed by atoms with Crippen LogP contribution in [0.4, 0.5) is 0 Å². The zero-order chi connectivity index (χ0) is 14.8. The molecule has 0 spiro atoms. The molecule has 0 amide bonds. The Kier molecular flexibility index (Phi) is 4.42. The maximum atomic E-state index is 10.7. The lowest BCUT2D eigenvalue weighted by Crippen LogP contribution is -2.17. The topological polar surface area (TPSA) is 92.8 Å². The normalized spacial score (nSPS) is 13.1. The van der Waals surface area contributed by atoms with Crippen LogP contribution in [0.5, 0.6) is 11.5 Å². The fraction of sp³-hybridized carbons (Fsp3) is 0.500. The predicted molar refractivity (Wildman–Crippen MR) is 72.5 cm³/mol. The number of benzene rings is 1. The van der Waals surface area contributed by atoms with E-state index in [1.54, 1.807) is 6.07 Å². The number of carboxylic acid groups (broad SMARTS) is 1. The molecule has 0 heterocycles. The number of phenols is 1. The van der Waals surface area contributed by atoms with Gasteiger partial charge in [0, 0.05) is 17.2 Å². The number of aromatic hydroxyl groups is 1. The zero-order valence-electron chi connectivity index (χ0n) is 11.7. The van der Waals surface area contributed by atoms with Gasteiger partial charge in [-0.15, -0.1) is 0 Å². The average molecular weight is 267 g/mol. The second-order valence-corrected chi connectivity index (χ2v) is 5.57. The Labute approximate surface area is 113 Å². The molecule has 0 bridgehead atoms. The van der Waals surface area contributed by atoms with Crippen LogP contribution >= 0.6 is 0 Å². The summed E-state index contributed by atoms with van der Waals surface area (Å²) in [6.45, 7) is 5.91. The van der Waals surface area contributed by atoms with Crippen molar-refractivity contribution in [1.82, 2.24) is 0 Å². The number of aliphatic carboxylic acids is 1. The van der Waals surface area contributed by atoms with E-state index in [9.17, 15) is 9.90 Å². The number of methoxy groups -OCH3 is 1. The van der Waals surface area contributed by atoms with Crippen molar-refractivity contribution in [2.24, 2.45) is 5.73 Å². The first-order valence-corrected chi connectivity index (χ1v) is 6.05. The Morgan fingerprint density at radius 1 is 1.42 bits per heavy atom. The van der Waals surface area contributed by atoms with E-state index in [4.69, 9.17) is 15.6 Å². The van der Waals surface area contributed by atoms with Gasteiger partial charge in [-0.1, -0.05) is 20.8 Å². The van der Waals surface area contributed by atoms with Gasteiger partial charge in [-0.2, -0.15) is 0 Å². The molecule has 0 saturated carbocycles. The first kappa shape index (κ1) is 15.3. The number of phenolic OH excluding ortho intramolecular Hbond substituents is 1. The molecule has 0 aromatic heterocycles. The van der Waals surface area contributed by atoms with Crippen LogP contribution in [0.25, 0.3) is 0 Å². The molecular weight excluding hydrogens is 246 g/mol. The molecule has 0 aliphatic carbocycles. The smallest absolute Gasteiger partial charge is 0.305 e. The zero-order valence-corrected chi connectivity index (χ0v) is 11.7. The van der Waals surface area contributed by atoms with Gasteiger partial charge < -0.3 is 20.7 Å². The van der Waals surface area contributed by atoms with Gasteiger partial charge in [0.2, 0.25) is 0 Å². The minimum Gasteiger partial charge on any atom is -0.508 e. The van der Waals surface area contributed by atoms with Gasteiger partial charge in [0.15, 0.2) is 0 Å². The van der Waals surface area contributed by atoms with Gasteiger partial charge >= 0.3 is 5.97 Å². The van der Waals surface area contributed by atoms with Crippen LogP contribution in [-0.4, -0.2) is 23.3 Å². The van der Waals surface area contributed by atoms with Crippen molar-refractivity contribution in [3.8, 4) is 11.5 Å². The summed E-state index contributed by atoms with van der Waals surface area (Å²) in [5.41, 5.74) is 6.81. The third-order valence-corrected chi connectivity index (χ3v) is 2.95. The van der Waals surface area contributed by atoms with E-state index in [1.165, 1.54) is 13.2 Å². The Hall–Kier alpha value is -1.75. The van der Waals surface area contributed by atoms with E-state index in [-0.39, 0.29) is 17.6 Å². The summed E-state index contributed by atoms with van der Waals surface area (Å²) in [4.78, 5) is 10.7. The molecule has 4 N–H and O–H groups in total. The van der Waals surface area contributed by atoms with E-state index in [0.29, 0.717) is 11.3 Å². The van der Waals surface area contributed by atoms with E-state index >= 15 is 0 Å². The molecule has 1 atom stereocenters. The second-order valence-electron chi connectivity index (χ2n) is 5.57. The molecule has 0 saturated heterocycles. The lowest BCUT2D eigenvalue weighted by atomic mass is 9.84. The molecule has 0 aliphatic heterocycles. The molecule has 0 aliphatic rings. The maximum absolute atomic E-state index is 10.7. The van der Waals surface area contributed by atoms with Crippen molar-refractivity contribution in [1.29, 1.82) is 0 Å². The quantitative estimate of drug-likeness (QED) is 0.777.